The fraction of sp³-hybridized carbons (Fsp3) is 0.444. The summed E-state index contributed by atoms with van der Waals surface area (Å²) in [5.74, 6) is -0.388. The number of rotatable bonds is 2. The fourth-order valence-electron chi connectivity index (χ4n) is 1.09. The van der Waals surface area contributed by atoms with Crippen LogP contribution in [0.2, 0.25) is 0 Å². The average molecular weight is 248 g/mol. The Balaban J connectivity index is 3.13. The Morgan fingerprint density at radius 1 is 1.62 bits per heavy atom. The van der Waals surface area contributed by atoms with E-state index in [0.29, 0.717) is 16.9 Å². The maximum Gasteiger partial charge on any atom is 0.286 e. The van der Waals surface area contributed by atoms with Crippen LogP contribution in [0.4, 0.5) is 4.39 Å². The van der Waals surface area contributed by atoms with Gasteiger partial charge in [0.1, 0.15) is 0 Å². The van der Waals surface area contributed by atoms with E-state index in [2.05, 4.69) is 15.9 Å². The predicted molar refractivity (Wildman–Crippen MR) is 53.2 cm³/mol. The maximum atomic E-state index is 12.9. The minimum absolute atomic E-state index is 0.325. The summed E-state index contributed by atoms with van der Waals surface area (Å²) in [6.07, 6.45) is 1.60. The Hall–Kier alpha value is -0.640. The Bertz CT molecular complexity index is 359. The molecule has 1 heterocycles. The molecule has 0 amide bonds. The minimum Gasteiger partial charge on any atom is -0.312 e. The van der Waals surface area contributed by atoms with Crippen LogP contribution in [0.15, 0.2) is 21.5 Å². The van der Waals surface area contributed by atoms with Gasteiger partial charge >= 0.3 is 0 Å². The van der Waals surface area contributed by atoms with E-state index in [1.165, 1.54) is 10.6 Å². The molecular formula is C9H11BrFNO. The van der Waals surface area contributed by atoms with E-state index in [9.17, 15) is 9.18 Å². The SMILES string of the molecule is CC(C)Cn1cc(Br)cc(F)c1=O. The topological polar surface area (TPSA) is 22.0 Å². The summed E-state index contributed by atoms with van der Waals surface area (Å²) in [5, 5.41) is 0. The highest BCUT2D eigenvalue weighted by molar-refractivity contribution is 9.10. The molecule has 0 aliphatic carbocycles. The van der Waals surface area contributed by atoms with Gasteiger partial charge in [0, 0.05) is 17.2 Å². The lowest BCUT2D eigenvalue weighted by Crippen LogP contribution is -2.24. The van der Waals surface area contributed by atoms with E-state index >= 15 is 0 Å². The van der Waals surface area contributed by atoms with Gasteiger partial charge in [0.05, 0.1) is 0 Å². The average Bonchev–Trinajstić information content (AvgIpc) is 1.98. The molecule has 4 heteroatoms. The second-order valence-electron chi connectivity index (χ2n) is 3.36. The van der Waals surface area contributed by atoms with Crippen molar-refractivity contribution in [2.24, 2.45) is 5.92 Å². The zero-order valence-corrected chi connectivity index (χ0v) is 9.14. The van der Waals surface area contributed by atoms with E-state index in [-0.39, 0.29) is 0 Å². The van der Waals surface area contributed by atoms with Crippen molar-refractivity contribution in [1.29, 1.82) is 0 Å². The second kappa shape index (κ2) is 4.05. The molecule has 1 rings (SSSR count). The third-order valence-electron chi connectivity index (χ3n) is 1.57. The smallest absolute Gasteiger partial charge is 0.286 e. The molecule has 0 saturated carbocycles. The van der Waals surface area contributed by atoms with Crippen molar-refractivity contribution in [1.82, 2.24) is 4.57 Å². The van der Waals surface area contributed by atoms with E-state index in [1.807, 2.05) is 13.8 Å². The highest BCUT2D eigenvalue weighted by Gasteiger charge is 2.05. The van der Waals surface area contributed by atoms with E-state index < -0.39 is 11.4 Å². The first-order valence-corrected chi connectivity index (χ1v) is 4.85. The maximum absolute atomic E-state index is 12.9. The monoisotopic (exact) mass is 247 g/mol. The van der Waals surface area contributed by atoms with Crippen molar-refractivity contribution in [3.05, 3.63) is 32.9 Å². The van der Waals surface area contributed by atoms with Gasteiger partial charge in [-0.05, 0) is 27.9 Å². The highest BCUT2D eigenvalue weighted by Crippen LogP contribution is 2.08. The predicted octanol–water partition coefficient (Wildman–Crippen LogP) is 2.41. The number of aromatic nitrogens is 1. The van der Waals surface area contributed by atoms with Crippen molar-refractivity contribution in [2.45, 2.75) is 20.4 Å². The molecule has 0 atom stereocenters. The standard InChI is InChI=1S/C9H11BrFNO/c1-6(2)4-12-5-7(10)3-8(11)9(12)13/h3,5-6H,4H2,1-2H3. The Labute approximate surface area is 84.5 Å². The quantitative estimate of drug-likeness (QED) is 0.787. The van der Waals surface area contributed by atoms with Crippen LogP contribution in [0.1, 0.15) is 13.8 Å². The number of pyridine rings is 1. The van der Waals surface area contributed by atoms with Gasteiger partial charge in [0.25, 0.3) is 5.56 Å². The van der Waals surface area contributed by atoms with E-state index in [1.54, 1.807) is 6.20 Å². The van der Waals surface area contributed by atoms with Crippen LogP contribution in [0.3, 0.4) is 0 Å². The van der Waals surface area contributed by atoms with E-state index in [0.717, 1.165) is 0 Å². The second-order valence-corrected chi connectivity index (χ2v) is 4.27. The Morgan fingerprint density at radius 3 is 2.77 bits per heavy atom. The molecule has 0 aliphatic heterocycles. The molecule has 0 radical (unpaired) electrons. The molecule has 0 fully saturated rings. The Kier molecular flexibility index (Phi) is 3.25. The molecule has 0 saturated heterocycles. The van der Waals surface area contributed by atoms with Gasteiger partial charge in [-0.3, -0.25) is 4.79 Å². The lowest BCUT2D eigenvalue weighted by Gasteiger charge is -2.08. The van der Waals surface area contributed by atoms with Gasteiger partial charge in [-0.25, -0.2) is 4.39 Å². The van der Waals surface area contributed by atoms with Crippen LogP contribution in [0.5, 0.6) is 0 Å². The zero-order chi connectivity index (χ0) is 10.0. The van der Waals surface area contributed by atoms with Crippen molar-refractivity contribution >= 4 is 15.9 Å². The molecule has 72 valence electrons. The number of halogens is 2. The summed E-state index contributed by atoms with van der Waals surface area (Å²) >= 11 is 3.14. The van der Waals surface area contributed by atoms with Crippen molar-refractivity contribution in [3.63, 3.8) is 0 Å². The zero-order valence-electron chi connectivity index (χ0n) is 7.55. The summed E-state index contributed by atoms with van der Waals surface area (Å²) in [5.41, 5.74) is -0.558. The molecule has 0 bridgehead atoms. The summed E-state index contributed by atoms with van der Waals surface area (Å²) in [6, 6.07) is 1.18. The summed E-state index contributed by atoms with van der Waals surface area (Å²) in [4.78, 5) is 11.2. The molecular weight excluding hydrogens is 237 g/mol. The van der Waals surface area contributed by atoms with Crippen molar-refractivity contribution in [3.8, 4) is 0 Å². The van der Waals surface area contributed by atoms with Crippen LogP contribution in [-0.4, -0.2) is 4.57 Å². The van der Waals surface area contributed by atoms with Crippen LogP contribution in [-0.2, 0) is 6.54 Å². The summed E-state index contributed by atoms with van der Waals surface area (Å²) < 4.78 is 14.9. The first kappa shape index (κ1) is 10.4. The molecule has 13 heavy (non-hydrogen) atoms. The molecule has 1 aromatic rings. The number of hydrogen-bond donors (Lipinski definition) is 0. The first-order valence-electron chi connectivity index (χ1n) is 4.06. The van der Waals surface area contributed by atoms with Crippen molar-refractivity contribution < 1.29 is 4.39 Å². The van der Waals surface area contributed by atoms with Gasteiger partial charge in [-0.2, -0.15) is 0 Å². The third-order valence-corrected chi connectivity index (χ3v) is 2.00. The molecule has 1 aromatic heterocycles. The van der Waals surface area contributed by atoms with Gasteiger partial charge < -0.3 is 4.57 Å². The molecule has 0 aromatic carbocycles. The van der Waals surface area contributed by atoms with E-state index in [4.69, 9.17) is 0 Å². The summed E-state index contributed by atoms with van der Waals surface area (Å²) in [6.45, 7) is 4.49. The van der Waals surface area contributed by atoms with Crippen LogP contribution in [0.25, 0.3) is 0 Å². The van der Waals surface area contributed by atoms with Crippen LogP contribution in [0, 0.1) is 11.7 Å². The lowest BCUT2D eigenvalue weighted by atomic mass is 10.2. The number of hydrogen-bond acceptors (Lipinski definition) is 1. The largest absolute Gasteiger partial charge is 0.312 e. The van der Waals surface area contributed by atoms with Crippen molar-refractivity contribution in [2.75, 3.05) is 0 Å². The van der Waals surface area contributed by atoms with Crippen LogP contribution < -0.4 is 5.56 Å². The number of nitrogens with zero attached hydrogens (tertiary/aromatic N) is 1. The normalized spacial score (nSPS) is 10.8. The fourth-order valence-corrected chi connectivity index (χ4v) is 1.54. The lowest BCUT2D eigenvalue weighted by molar-refractivity contribution is 0.487. The van der Waals surface area contributed by atoms with Gasteiger partial charge in [-0.1, -0.05) is 13.8 Å². The van der Waals surface area contributed by atoms with Gasteiger partial charge in [-0.15, -0.1) is 0 Å². The molecule has 2 nitrogen and oxygen atoms in total. The van der Waals surface area contributed by atoms with Gasteiger partial charge in [0.2, 0.25) is 0 Å². The van der Waals surface area contributed by atoms with Crippen LogP contribution >= 0.6 is 15.9 Å². The molecule has 0 N–H and O–H groups in total. The molecule has 0 aliphatic rings. The molecule has 0 unspecified atom stereocenters. The highest BCUT2D eigenvalue weighted by atomic mass is 79.9. The summed E-state index contributed by atoms with van der Waals surface area (Å²) in [7, 11) is 0. The minimum atomic E-state index is -0.713. The third kappa shape index (κ3) is 2.66. The Morgan fingerprint density at radius 2 is 2.23 bits per heavy atom. The van der Waals surface area contributed by atoms with Gasteiger partial charge in [0.15, 0.2) is 5.82 Å². The molecule has 0 spiro atoms. The first-order chi connectivity index (χ1) is 6.00.